The summed E-state index contributed by atoms with van der Waals surface area (Å²) >= 11 is 0. The first kappa shape index (κ1) is 35.6. The molecule has 0 amide bonds. The molecule has 0 heterocycles. The Morgan fingerprint density at radius 2 is 1.60 bits per heavy atom. The SMILES string of the molecule is CC(C)[C@@H](CC[C@@H](C)C1CC[C@H]2[C@@H]3[C@H](O)C[C@H]4C[C@@H](NCCCNCCCCN)CC[C@]4(C)[C@H]3CC[C@]12C)OS(=O)(=O)O. The molecule has 0 bridgehead atoms. The highest BCUT2D eigenvalue weighted by Gasteiger charge is 2.62. The van der Waals surface area contributed by atoms with Crippen LogP contribution in [0.5, 0.6) is 0 Å². The van der Waals surface area contributed by atoms with Crippen LogP contribution in [0.2, 0.25) is 0 Å². The molecule has 4 rings (SSSR count). The van der Waals surface area contributed by atoms with Crippen molar-refractivity contribution < 1.29 is 22.3 Å². The van der Waals surface area contributed by atoms with Gasteiger partial charge in [-0.2, -0.15) is 8.42 Å². The topological polar surface area (TPSA) is 134 Å². The second-order valence-electron chi connectivity index (χ2n) is 15.9. The molecule has 0 aromatic heterocycles. The smallest absolute Gasteiger partial charge is 0.393 e. The van der Waals surface area contributed by atoms with Crippen LogP contribution in [-0.2, 0) is 14.6 Å². The molecule has 11 atom stereocenters. The van der Waals surface area contributed by atoms with Gasteiger partial charge in [0.1, 0.15) is 0 Å². The van der Waals surface area contributed by atoms with Gasteiger partial charge in [0.15, 0.2) is 0 Å². The van der Waals surface area contributed by atoms with Crippen molar-refractivity contribution in [2.45, 2.75) is 136 Å². The molecule has 0 radical (unpaired) electrons. The fourth-order valence-corrected chi connectivity index (χ4v) is 11.3. The van der Waals surface area contributed by atoms with Gasteiger partial charge in [0.25, 0.3) is 0 Å². The maximum absolute atomic E-state index is 11.8. The van der Waals surface area contributed by atoms with Crippen molar-refractivity contribution in [1.82, 2.24) is 10.6 Å². The summed E-state index contributed by atoms with van der Waals surface area (Å²) in [5, 5.41) is 19.2. The van der Waals surface area contributed by atoms with Crippen LogP contribution in [-0.4, -0.2) is 62.5 Å². The van der Waals surface area contributed by atoms with Gasteiger partial charge >= 0.3 is 10.4 Å². The van der Waals surface area contributed by atoms with Gasteiger partial charge < -0.3 is 21.5 Å². The van der Waals surface area contributed by atoms with Crippen LogP contribution in [0, 0.1) is 52.3 Å². The summed E-state index contributed by atoms with van der Waals surface area (Å²) < 4.78 is 37.1. The molecular formula is C34H65N3O5S. The van der Waals surface area contributed by atoms with E-state index in [0.717, 1.165) is 58.3 Å². The molecule has 0 aromatic carbocycles. The molecule has 0 aliphatic heterocycles. The van der Waals surface area contributed by atoms with Gasteiger partial charge in [-0.1, -0.05) is 34.6 Å². The van der Waals surface area contributed by atoms with Crippen LogP contribution in [0.4, 0.5) is 0 Å². The number of hydrogen-bond donors (Lipinski definition) is 5. The molecule has 4 saturated carbocycles. The van der Waals surface area contributed by atoms with Crippen molar-refractivity contribution >= 4 is 10.4 Å². The fraction of sp³-hybridized carbons (Fsp3) is 1.00. The Kier molecular flexibility index (Phi) is 12.5. The summed E-state index contributed by atoms with van der Waals surface area (Å²) in [5.41, 5.74) is 6.13. The number of unbranched alkanes of at least 4 members (excludes halogenated alkanes) is 1. The standard InChI is InChI=1S/C34H65N3O5S/c1-23(2)31(42-43(39,40)41)12-9-24(3)27-10-11-28-32-29(14-16-34(27,28)5)33(4)15-13-26(21-25(33)22-30(32)38)37-20-8-19-36-18-7-6-17-35/h23-32,36-38H,6-22,35H2,1-5H3,(H,39,40,41)/t24-,25-,26+,27?,28+,29+,30-,31-,32+,33+,34-/m1/s1. The van der Waals surface area contributed by atoms with Gasteiger partial charge in [-0.15, -0.1) is 0 Å². The molecule has 0 saturated heterocycles. The lowest BCUT2D eigenvalue weighted by molar-refractivity contribution is -0.167. The van der Waals surface area contributed by atoms with Gasteiger partial charge in [0.2, 0.25) is 0 Å². The summed E-state index contributed by atoms with van der Waals surface area (Å²) in [4.78, 5) is 0. The lowest BCUT2D eigenvalue weighted by Crippen LogP contribution is -2.59. The summed E-state index contributed by atoms with van der Waals surface area (Å²) in [5.74, 6) is 3.21. The van der Waals surface area contributed by atoms with Gasteiger partial charge in [0.05, 0.1) is 12.2 Å². The molecule has 6 N–H and O–H groups in total. The molecule has 4 aliphatic carbocycles. The van der Waals surface area contributed by atoms with Gasteiger partial charge in [-0.3, -0.25) is 4.55 Å². The minimum atomic E-state index is -4.45. The van der Waals surface area contributed by atoms with Crippen molar-refractivity contribution in [2.24, 2.45) is 58.0 Å². The number of aliphatic hydroxyl groups is 1. The highest BCUT2D eigenvalue weighted by Crippen LogP contribution is 2.68. The Morgan fingerprint density at radius 1 is 0.907 bits per heavy atom. The summed E-state index contributed by atoms with van der Waals surface area (Å²) in [6.45, 7) is 15.3. The lowest BCUT2D eigenvalue weighted by Gasteiger charge is -2.62. The maximum atomic E-state index is 11.8. The molecule has 4 fully saturated rings. The minimum absolute atomic E-state index is 0.0152. The molecule has 252 valence electrons. The van der Waals surface area contributed by atoms with Gasteiger partial charge in [0, 0.05) is 6.04 Å². The van der Waals surface area contributed by atoms with Crippen LogP contribution in [0.15, 0.2) is 0 Å². The molecule has 0 aromatic rings. The molecule has 0 spiro atoms. The van der Waals surface area contributed by atoms with Crippen LogP contribution in [0.25, 0.3) is 0 Å². The normalized spacial score (nSPS) is 39.2. The largest absolute Gasteiger partial charge is 0.397 e. The van der Waals surface area contributed by atoms with Crippen molar-refractivity contribution in [2.75, 3.05) is 26.2 Å². The zero-order valence-electron chi connectivity index (χ0n) is 27.9. The van der Waals surface area contributed by atoms with E-state index in [1.54, 1.807) is 0 Å². The van der Waals surface area contributed by atoms with Crippen LogP contribution in [0.1, 0.15) is 118 Å². The Labute approximate surface area is 263 Å². The Bertz CT molecular complexity index is 981. The van der Waals surface area contributed by atoms with E-state index in [9.17, 15) is 18.1 Å². The third kappa shape index (κ3) is 8.36. The number of nitrogens with one attached hydrogen (secondary N) is 2. The van der Waals surface area contributed by atoms with Crippen LogP contribution < -0.4 is 16.4 Å². The highest BCUT2D eigenvalue weighted by atomic mass is 32.3. The van der Waals surface area contributed by atoms with E-state index >= 15 is 0 Å². The van der Waals surface area contributed by atoms with Gasteiger partial charge in [-0.25, -0.2) is 4.18 Å². The zero-order valence-corrected chi connectivity index (χ0v) is 28.7. The van der Waals surface area contributed by atoms with E-state index in [0.29, 0.717) is 53.4 Å². The highest BCUT2D eigenvalue weighted by molar-refractivity contribution is 7.80. The molecule has 1 unspecified atom stereocenters. The van der Waals surface area contributed by atoms with Crippen LogP contribution in [0.3, 0.4) is 0 Å². The lowest BCUT2D eigenvalue weighted by atomic mass is 9.43. The first-order chi connectivity index (χ1) is 20.3. The summed E-state index contributed by atoms with van der Waals surface area (Å²) in [6.07, 6.45) is 13.7. The maximum Gasteiger partial charge on any atom is 0.397 e. The number of hydrogen-bond acceptors (Lipinski definition) is 7. The number of nitrogens with two attached hydrogens (primary N) is 1. The average Bonchev–Trinajstić information content (AvgIpc) is 3.29. The average molecular weight is 628 g/mol. The van der Waals surface area contributed by atoms with Crippen molar-refractivity contribution in [1.29, 1.82) is 0 Å². The number of aliphatic hydroxyl groups excluding tert-OH is 1. The van der Waals surface area contributed by atoms with E-state index in [4.69, 9.17) is 9.92 Å². The Morgan fingerprint density at radius 3 is 2.30 bits per heavy atom. The third-order valence-electron chi connectivity index (χ3n) is 13.1. The van der Waals surface area contributed by atoms with Crippen molar-refractivity contribution in [3.8, 4) is 0 Å². The van der Waals surface area contributed by atoms with E-state index < -0.39 is 16.5 Å². The first-order valence-corrected chi connectivity index (χ1v) is 19.1. The summed E-state index contributed by atoms with van der Waals surface area (Å²) in [7, 11) is -4.45. The predicted molar refractivity (Wildman–Crippen MR) is 174 cm³/mol. The van der Waals surface area contributed by atoms with Crippen molar-refractivity contribution in [3.63, 3.8) is 0 Å². The van der Waals surface area contributed by atoms with E-state index in [2.05, 4.69) is 31.4 Å². The molecule has 4 aliphatic rings. The molecule has 43 heavy (non-hydrogen) atoms. The molecular weight excluding hydrogens is 562 g/mol. The van der Waals surface area contributed by atoms with Crippen molar-refractivity contribution in [3.05, 3.63) is 0 Å². The second-order valence-corrected chi connectivity index (χ2v) is 17.0. The molecule has 9 heteroatoms. The number of rotatable bonds is 16. The van der Waals surface area contributed by atoms with Gasteiger partial charge in [-0.05, 0) is 162 Å². The van der Waals surface area contributed by atoms with Crippen LogP contribution >= 0.6 is 0 Å². The predicted octanol–water partition coefficient (Wildman–Crippen LogP) is 5.55. The van der Waals surface area contributed by atoms with E-state index in [1.807, 2.05) is 13.8 Å². The quantitative estimate of drug-likeness (QED) is 0.111. The van der Waals surface area contributed by atoms with E-state index in [-0.39, 0.29) is 17.4 Å². The third-order valence-corrected chi connectivity index (χ3v) is 13.6. The number of fused-ring (bicyclic) bond motifs is 5. The molecule has 8 nitrogen and oxygen atoms in total. The fourth-order valence-electron chi connectivity index (χ4n) is 10.7. The van der Waals surface area contributed by atoms with E-state index in [1.165, 1.54) is 44.9 Å². The Balaban J connectivity index is 1.32. The zero-order chi connectivity index (χ0) is 31.4. The Hall–Kier alpha value is -0.290. The second kappa shape index (κ2) is 15.1. The monoisotopic (exact) mass is 627 g/mol. The summed E-state index contributed by atoms with van der Waals surface area (Å²) in [6, 6.07) is 0.573. The minimum Gasteiger partial charge on any atom is -0.393 e. The first-order valence-electron chi connectivity index (χ1n) is 17.8.